The third kappa shape index (κ3) is 3.57. The molecular formula is C23H20N2O4. The van der Waals surface area contributed by atoms with Crippen LogP contribution in [0.3, 0.4) is 0 Å². The summed E-state index contributed by atoms with van der Waals surface area (Å²) in [5.74, 6) is -0.717. The van der Waals surface area contributed by atoms with Gasteiger partial charge in [0.15, 0.2) is 0 Å². The van der Waals surface area contributed by atoms with Gasteiger partial charge in [-0.3, -0.25) is 19.3 Å². The van der Waals surface area contributed by atoms with Crippen molar-refractivity contribution in [3.63, 3.8) is 0 Å². The van der Waals surface area contributed by atoms with Crippen molar-refractivity contribution in [1.29, 1.82) is 0 Å². The third-order valence-electron chi connectivity index (χ3n) is 5.04. The Labute approximate surface area is 168 Å². The van der Waals surface area contributed by atoms with E-state index in [-0.39, 0.29) is 6.42 Å². The Bertz CT molecular complexity index is 1010. The van der Waals surface area contributed by atoms with E-state index in [0.29, 0.717) is 16.9 Å². The molecule has 29 heavy (non-hydrogen) atoms. The monoisotopic (exact) mass is 388 g/mol. The third-order valence-corrected chi connectivity index (χ3v) is 5.04. The first kappa shape index (κ1) is 18.7. The van der Waals surface area contributed by atoms with Crippen molar-refractivity contribution in [3.8, 4) is 0 Å². The number of hydrogen-bond acceptors (Lipinski definition) is 4. The largest absolute Gasteiger partial charge is 0.467 e. The molecule has 3 amide bonds. The average Bonchev–Trinajstić information content (AvgIpc) is 3.36. The quantitative estimate of drug-likeness (QED) is 0.657. The number of furan rings is 1. The van der Waals surface area contributed by atoms with E-state index in [1.807, 2.05) is 30.3 Å². The van der Waals surface area contributed by atoms with Crippen molar-refractivity contribution < 1.29 is 18.8 Å². The molecule has 0 saturated heterocycles. The van der Waals surface area contributed by atoms with E-state index >= 15 is 0 Å². The summed E-state index contributed by atoms with van der Waals surface area (Å²) in [6, 6.07) is 18.1. The van der Waals surface area contributed by atoms with Gasteiger partial charge in [-0.25, -0.2) is 0 Å². The van der Waals surface area contributed by atoms with Crippen molar-refractivity contribution >= 4 is 17.7 Å². The van der Waals surface area contributed by atoms with Gasteiger partial charge in [0.2, 0.25) is 5.91 Å². The number of rotatable bonds is 6. The Morgan fingerprint density at radius 1 is 0.931 bits per heavy atom. The normalized spacial score (nSPS) is 15.1. The lowest BCUT2D eigenvalue weighted by atomic mass is 10.0. The highest BCUT2D eigenvalue weighted by molar-refractivity contribution is 6.22. The Morgan fingerprint density at radius 3 is 2.14 bits per heavy atom. The Balaban J connectivity index is 1.65. The number of imide groups is 1. The molecule has 6 heteroatoms. The van der Waals surface area contributed by atoms with Crippen LogP contribution in [0.2, 0.25) is 0 Å². The van der Waals surface area contributed by atoms with Crippen molar-refractivity contribution in [1.82, 2.24) is 10.2 Å². The fourth-order valence-corrected chi connectivity index (χ4v) is 3.55. The van der Waals surface area contributed by atoms with Gasteiger partial charge in [-0.15, -0.1) is 0 Å². The standard InChI is InChI=1S/C23H20N2O4/c1-15(20-12-7-13-29-20)24-21(26)19(14-16-8-3-2-4-9-16)25-22(27)17-10-5-6-11-18(17)23(25)28/h2-13,15,19H,14H2,1H3,(H,24,26)/t15-,19+/m1/s1. The first-order chi connectivity index (χ1) is 14.1. The van der Waals surface area contributed by atoms with E-state index in [2.05, 4.69) is 5.32 Å². The average molecular weight is 388 g/mol. The van der Waals surface area contributed by atoms with Gasteiger partial charge in [-0.2, -0.15) is 0 Å². The molecule has 1 aliphatic heterocycles. The number of carbonyl (C=O) groups is 3. The van der Waals surface area contributed by atoms with E-state index in [1.54, 1.807) is 43.3 Å². The van der Waals surface area contributed by atoms with E-state index in [0.717, 1.165) is 10.5 Å². The van der Waals surface area contributed by atoms with Gasteiger partial charge in [0.05, 0.1) is 23.4 Å². The molecule has 4 rings (SSSR count). The second-order valence-corrected chi connectivity index (χ2v) is 6.98. The van der Waals surface area contributed by atoms with Crippen LogP contribution in [0.15, 0.2) is 77.4 Å². The molecule has 0 saturated carbocycles. The second-order valence-electron chi connectivity index (χ2n) is 6.98. The number of fused-ring (bicyclic) bond motifs is 1. The van der Waals surface area contributed by atoms with Crippen LogP contribution in [0.4, 0.5) is 0 Å². The van der Waals surface area contributed by atoms with Crippen LogP contribution in [-0.4, -0.2) is 28.7 Å². The lowest BCUT2D eigenvalue weighted by molar-refractivity contribution is -0.125. The van der Waals surface area contributed by atoms with Crippen LogP contribution < -0.4 is 5.32 Å². The SMILES string of the molecule is C[C@@H](NC(=O)[C@H](Cc1ccccc1)N1C(=O)c2ccccc2C1=O)c1ccco1. The fraction of sp³-hybridized carbons (Fsp3) is 0.174. The maximum Gasteiger partial charge on any atom is 0.262 e. The first-order valence-corrected chi connectivity index (χ1v) is 9.41. The summed E-state index contributed by atoms with van der Waals surface area (Å²) in [4.78, 5) is 40.2. The summed E-state index contributed by atoms with van der Waals surface area (Å²) in [6.07, 6.45) is 1.76. The lowest BCUT2D eigenvalue weighted by Crippen LogP contribution is -2.51. The minimum atomic E-state index is -0.970. The Hall–Kier alpha value is -3.67. The highest BCUT2D eigenvalue weighted by atomic mass is 16.3. The summed E-state index contributed by atoms with van der Waals surface area (Å²) in [7, 11) is 0. The highest BCUT2D eigenvalue weighted by Crippen LogP contribution is 2.26. The summed E-state index contributed by atoms with van der Waals surface area (Å²) in [6.45, 7) is 1.79. The Kier molecular flexibility index (Phi) is 4.99. The highest BCUT2D eigenvalue weighted by Gasteiger charge is 2.42. The molecule has 2 atom stereocenters. The van der Waals surface area contributed by atoms with Crippen LogP contribution >= 0.6 is 0 Å². The number of benzene rings is 2. The molecule has 0 bridgehead atoms. The molecule has 2 aromatic carbocycles. The number of nitrogens with one attached hydrogen (secondary N) is 1. The van der Waals surface area contributed by atoms with Crippen LogP contribution in [0, 0.1) is 0 Å². The maximum atomic E-state index is 13.2. The van der Waals surface area contributed by atoms with Gasteiger partial charge in [0.25, 0.3) is 11.8 Å². The number of hydrogen-bond donors (Lipinski definition) is 1. The van der Waals surface area contributed by atoms with Crippen molar-refractivity contribution in [2.75, 3.05) is 0 Å². The number of nitrogens with zero attached hydrogens (tertiary/aromatic N) is 1. The zero-order valence-corrected chi connectivity index (χ0v) is 15.9. The molecule has 0 spiro atoms. The zero-order chi connectivity index (χ0) is 20.4. The number of carbonyl (C=O) groups excluding carboxylic acids is 3. The number of amides is 3. The lowest BCUT2D eigenvalue weighted by Gasteiger charge is -2.26. The summed E-state index contributed by atoms with van der Waals surface area (Å²) >= 11 is 0. The van der Waals surface area contributed by atoms with Gasteiger partial charge < -0.3 is 9.73 Å². The Morgan fingerprint density at radius 2 is 1.55 bits per heavy atom. The summed E-state index contributed by atoms with van der Waals surface area (Å²) < 4.78 is 5.35. The minimum Gasteiger partial charge on any atom is -0.467 e. The van der Waals surface area contributed by atoms with Gasteiger partial charge in [0, 0.05) is 6.42 Å². The molecule has 1 aliphatic rings. The summed E-state index contributed by atoms with van der Waals surface area (Å²) in [5.41, 5.74) is 1.50. The van der Waals surface area contributed by atoms with E-state index in [4.69, 9.17) is 4.42 Å². The van der Waals surface area contributed by atoms with Gasteiger partial charge in [0.1, 0.15) is 11.8 Å². The molecular weight excluding hydrogens is 368 g/mol. The summed E-state index contributed by atoms with van der Waals surface area (Å²) in [5, 5.41) is 2.87. The van der Waals surface area contributed by atoms with Crippen molar-refractivity contribution in [2.24, 2.45) is 0 Å². The molecule has 0 aliphatic carbocycles. The molecule has 1 aromatic heterocycles. The molecule has 0 radical (unpaired) electrons. The van der Waals surface area contributed by atoms with Crippen LogP contribution in [0.5, 0.6) is 0 Å². The van der Waals surface area contributed by atoms with Crippen LogP contribution in [0.1, 0.15) is 45.0 Å². The molecule has 1 N–H and O–H groups in total. The fourth-order valence-electron chi connectivity index (χ4n) is 3.55. The predicted molar refractivity (Wildman–Crippen MR) is 106 cm³/mol. The molecule has 2 heterocycles. The maximum absolute atomic E-state index is 13.2. The van der Waals surface area contributed by atoms with Crippen LogP contribution in [-0.2, 0) is 11.2 Å². The predicted octanol–water partition coefficient (Wildman–Crippen LogP) is 3.36. The topological polar surface area (TPSA) is 79.6 Å². The zero-order valence-electron chi connectivity index (χ0n) is 15.9. The van der Waals surface area contributed by atoms with Crippen molar-refractivity contribution in [3.05, 3.63) is 95.4 Å². The van der Waals surface area contributed by atoms with E-state index in [9.17, 15) is 14.4 Å². The van der Waals surface area contributed by atoms with Crippen molar-refractivity contribution in [2.45, 2.75) is 25.4 Å². The molecule has 6 nitrogen and oxygen atoms in total. The smallest absolute Gasteiger partial charge is 0.262 e. The van der Waals surface area contributed by atoms with E-state index in [1.165, 1.54) is 6.26 Å². The second kappa shape index (κ2) is 7.75. The molecule has 146 valence electrons. The molecule has 3 aromatic rings. The molecule has 0 fully saturated rings. The van der Waals surface area contributed by atoms with Gasteiger partial charge >= 0.3 is 0 Å². The van der Waals surface area contributed by atoms with E-state index < -0.39 is 29.8 Å². The minimum absolute atomic E-state index is 0.225. The van der Waals surface area contributed by atoms with Crippen LogP contribution in [0.25, 0.3) is 0 Å². The van der Waals surface area contributed by atoms with Gasteiger partial charge in [-0.05, 0) is 36.8 Å². The van der Waals surface area contributed by atoms with Gasteiger partial charge in [-0.1, -0.05) is 42.5 Å². The molecule has 0 unspecified atom stereocenters. The first-order valence-electron chi connectivity index (χ1n) is 9.41.